The van der Waals surface area contributed by atoms with Crippen LogP contribution in [0.25, 0.3) is 0 Å². The maximum atomic E-state index is 12.9. The van der Waals surface area contributed by atoms with Crippen LogP contribution in [-0.2, 0) is 6.54 Å². The molecule has 0 spiro atoms. The molecule has 0 N–H and O–H groups in total. The van der Waals surface area contributed by atoms with Gasteiger partial charge in [-0.3, -0.25) is 0 Å². The molecule has 90 valence electrons. The fourth-order valence-corrected chi connectivity index (χ4v) is 1.47. The average molecular weight is 238 g/mol. The van der Waals surface area contributed by atoms with Crippen LogP contribution in [0.4, 0.5) is 8.78 Å². The number of rotatable bonds is 4. The predicted molar refractivity (Wildman–Crippen MR) is 58.8 cm³/mol. The molecule has 0 saturated heterocycles. The number of nitrogens with zero attached hydrogens (tertiary/aromatic N) is 2. The maximum Gasteiger partial charge on any atom is 0.162 e. The Hall–Kier alpha value is -1.91. The van der Waals surface area contributed by atoms with Gasteiger partial charge in [-0.15, -0.1) is 0 Å². The van der Waals surface area contributed by atoms with Crippen LogP contribution in [0.5, 0.6) is 5.75 Å². The second-order valence-electron chi connectivity index (χ2n) is 3.59. The summed E-state index contributed by atoms with van der Waals surface area (Å²) in [7, 11) is 0. The van der Waals surface area contributed by atoms with E-state index in [0.717, 1.165) is 18.0 Å². The molecule has 0 atom stereocenters. The molecule has 0 aliphatic heterocycles. The Labute approximate surface area is 97.7 Å². The zero-order chi connectivity index (χ0) is 12.3. The second kappa shape index (κ2) is 4.95. The second-order valence-corrected chi connectivity index (χ2v) is 3.59. The SMILES string of the molecule is Cc1nccn1CCOc1ccc(F)c(F)c1. The van der Waals surface area contributed by atoms with Crippen molar-refractivity contribution in [2.24, 2.45) is 0 Å². The summed E-state index contributed by atoms with van der Waals surface area (Å²) in [6.45, 7) is 2.88. The van der Waals surface area contributed by atoms with Crippen LogP contribution < -0.4 is 4.74 Å². The molecule has 2 aromatic rings. The highest BCUT2D eigenvalue weighted by atomic mass is 19.2. The molecule has 17 heavy (non-hydrogen) atoms. The van der Waals surface area contributed by atoms with Gasteiger partial charge in [0.15, 0.2) is 11.6 Å². The lowest BCUT2D eigenvalue weighted by molar-refractivity contribution is 0.294. The van der Waals surface area contributed by atoms with Crippen molar-refractivity contribution < 1.29 is 13.5 Å². The molecule has 0 amide bonds. The summed E-state index contributed by atoms with van der Waals surface area (Å²) in [5.74, 6) is -0.565. The van der Waals surface area contributed by atoms with Crippen LogP contribution in [0, 0.1) is 18.6 Å². The highest BCUT2D eigenvalue weighted by molar-refractivity contribution is 5.23. The predicted octanol–water partition coefficient (Wildman–Crippen LogP) is 2.55. The molecule has 0 radical (unpaired) electrons. The quantitative estimate of drug-likeness (QED) is 0.818. The van der Waals surface area contributed by atoms with Crippen LogP contribution in [-0.4, -0.2) is 16.2 Å². The van der Waals surface area contributed by atoms with Crippen LogP contribution in [0.3, 0.4) is 0 Å². The van der Waals surface area contributed by atoms with E-state index in [1.54, 1.807) is 6.20 Å². The monoisotopic (exact) mass is 238 g/mol. The zero-order valence-corrected chi connectivity index (χ0v) is 9.36. The largest absolute Gasteiger partial charge is 0.492 e. The van der Waals surface area contributed by atoms with E-state index in [2.05, 4.69) is 4.98 Å². The number of imidazole rings is 1. The Morgan fingerprint density at radius 3 is 2.76 bits per heavy atom. The highest BCUT2D eigenvalue weighted by Crippen LogP contribution is 2.15. The average Bonchev–Trinajstić information content (AvgIpc) is 2.70. The fraction of sp³-hybridized carbons (Fsp3) is 0.250. The molecule has 5 heteroatoms. The van der Waals surface area contributed by atoms with Crippen molar-refractivity contribution in [2.75, 3.05) is 6.61 Å². The topological polar surface area (TPSA) is 27.1 Å². The summed E-state index contributed by atoms with van der Waals surface area (Å²) in [5, 5.41) is 0. The molecule has 1 aromatic heterocycles. The summed E-state index contributed by atoms with van der Waals surface area (Å²) in [6, 6.07) is 3.49. The summed E-state index contributed by atoms with van der Waals surface area (Å²) < 4.78 is 32.8. The molecule has 3 nitrogen and oxygen atoms in total. The van der Waals surface area contributed by atoms with E-state index >= 15 is 0 Å². The van der Waals surface area contributed by atoms with E-state index in [4.69, 9.17) is 4.74 Å². The zero-order valence-electron chi connectivity index (χ0n) is 9.36. The van der Waals surface area contributed by atoms with Gasteiger partial charge in [-0.05, 0) is 19.1 Å². The van der Waals surface area contributed by atoms with E-state index in [-0.39, 0.29) is 0 Å². The van der Waals surface area contributed by atoms with Crippen LogP contribution in [0.1, 0.15) is 5.82 Å². The minimum atomic E-state index is -0.902. The van der Waals surface area contributed by atoms with Crippen molar-refractivity contribution in [2.45, 2.75) is 13.5 Å². The van der Waals surface area contributed by atoms with Crippen molar-refractivity contribution in [3.63, 3.8) is 0 Å². The van der Waals surface area contributed by atoms with E-state index < -0.39 is 11.6 Å². The molecule has 2 rings (SSSR count). The van der Waals surface area contributed by atoms with Crippen molar-refractivity contribution in [1.29, 1.82) is 0 Å². The van der Waals surface area contributed by atoms with Crippen molar-refractivity contribution in [3.05, 3.63) is 48.1 Å². The third-order valence-electron chi connectivity index (χ3n) is 2.42. The first-order valence-corrected chi connectivity index (χ1v) is 5.22. The van der Waals surface area contributed by atoms with Gasteiger partial charge in [0.05, 0.1) is 6.54 Å². The Morgan fingerprint density at radius 2 is 2.12 bits per heavy atom. The normalized spacial score (nSPS) is 10.5. The lowest BCUT2D eigenvalue weighted by Crippen LogP contribution is -2.08. The molecule has 0 bridgehead atoms. The summed E-state index contributed by atoms with van der Waals surface area (Å²) >= 11 is 0. The molecule has 1 aromatic carbocycles. The molecule has 1 heterocycles. The van der Waals surface area contributed by atoms with E-state index in [0.29, 0.717) is 18.9 Å². The van der Waals surface area contributed by atoms with Crippen LogP contribution in [0.2, 0.25) is 0 Å². The van der Waals surface area contributed by atoms with Crippen LogP contribution in [0.15, 0.2) is 30.6 Å². The van der Waals surface area contributed by atoms with Gasteiger partial charge >= 0.3 is 0 Å². The number of ether oxygens (including phenoxy) is 1. The standard InChI is InChI=1S/C12H12F2N2O/c1-9-15-4-5-16(9)6-7-17-10-2-3-11(13)12(14)8-10/h2-5,8H,6-7H2,1H3. The number of benzene rings is 1. The first-order chi connectivity index (χ1) is 8.16. The molecular formula is C12H12F2N2O. The van der Waals surface area contributed by atoms with Gasteiger partial charge in [-0.2, -0.15) is 0 Å². The highest BCUT2D eigenvalue weighted by Gasteiger charge is 2.03. The number of aryl methyl sites for hydroxylation is 1. The Balaban J connectivity index is 1.90. The number of halogens is 2. The van der Waals surface area contributed by atoms with Gasteiger partial charge in [-0.1, -0.05) is 0 Å². The Kier molecular flexibility index (Phi) is 3.37. The van der Waals surface area contributed by atoms with E-state index in [9.17, 15) is 8.78 Å². The first kappa shape index (κ1) is 11.6. The minimum Gasteiger partial charge on any atom is -0.492 e. The maximum absolute atomic E-state index is 12.9. The summed E-state index contributed by atoms with van der Waals surface area (Å²) in [5.41, 5.74) is 0. The van der Waals surface area contributed by atoms with E-state index in [1.807, 2.05) is 17.7 Å². The third kappa shape index (κ3) is 2.81. The molecule has 0 aliphatic rings. The van der Waals surface area contributed by atoms with Gasteiger partial charge in [0, 0.05) is 18.5 Å². The van der Waals surface area contributed by atoms with Gasteiger partial charge in [-0.25, -0.2) is 13.8 Å². The Bertz CT molecular complexity index is 511. The molecule has 0 unspecified atom stereocenters. The number of hydrogen-bond donors (Lipinski definition) is 0. The first-order valence-electron chi connectivity index (χ1n) is 5.22. The third-order valence-corrected chi connectivity index (χ3v) is 2.42. The molecule has 0 aliphatic carbocycles. The van der Waals surface area contributed by atoms with Crippen molar-refractivity contribution >= 4 is 0 Å². The number of hydrogen-bond acceptors (Lipinski definition) is 2. The lowest BCUT2D eigenvalue weighted by atomic mass is 10.3. The lowest BCUT2D eigenvalue weighted by Gasteiger charge is -2.08. The molecule has 0 fully saturated rings. The fourth-order valence-electron chi connectivity index (χ4n) is 1.47. The summed E-state index contributed by atoms with van der Waals surface area (Å²) in [4.78, 5) is 4.07. The van der Waals surface area contributed by atoms with Crippen molar-refractivity contribution in [3.8, 4) is 5.75 Å². The Morgan fingerprint density at radius 1 is 1.29 bits per heavy atom. The van der Waals surface area contributed by atoms with Crippen molar-refractivity contribution in [1.82, 2.24) is 9.55 Å². The van der Waals surface area contributed by atoms with Gasteiger partial charge < -0.3 is 9.30 Å². The van der Waals surface area contributed by atoms with E-state index in [1.165, 1.54) is 6.07 Å². The van der Waals surface area contributed by atoms with Gasteiger partial charge in [0.2, 0.25) is 0 Å². The smallest absolute Gasteiger partial charge is 0.162 e. The number of aromatic nitrogens is 2. The van der Waals surface area contributed by atoms with Gasteiger partial charge in [0.25, 0.3) is 0 Å². The minimum absolute atomic E-state index is 0.321. The summed E-state index contributed by atoms with van der Waals surface area (Å²) in [6.07, 6.45) is 3.54. The van der Waals surface area contributed by atoms with Gasteiger partial charge in [0.1, 0.15) is 18.2 Å². The molecule has 0 saturated carbocycles. The van der Waals surface area contributed by atoms with Crippen LogP contribution >= 0.6 is 0 Å². The molecular weight excluding hydrogens is 226 g/mol.